The van der Waals surface area contributed by atoms with Gasteiger partial charge in [0.25, 0.3) is 0 Å². The summed E-state index contributed by atoms with van der Waals surface area (Å²) in [5, 5.41) is 11.1. The van der Waals surface area contributed by atoms with Crippen LogP contribution < -0.4 is 11.1 Å². The molecule has 0 fully saturated rings. The lowest BCUT2D eigenvalue weighted by molar-refractivity contribution is -0.137. The van der Waals surface area contributed by atoms with Gasteiger partial charge in [0.1, 0.15) is 0 Å². The van der Waals surface area contributed by atoms with Crippen LogP contribution in [-0.4, -0.2) is 41.5 Å². The second kappa shape index (κ2) is 7.13. The highest BCUT2D eigenvalue weighted by Crippen LogP contribution is 2.10. The molecule has 0 radical (unpaired) electrons. The zero-order valence-electron chi connectivity index (χ0n) is 11.1. The quantitative estimate of drug-likeness (QED) is 0.724. The van der Waals surface area contributed by atoms with Gasteiger partial charge >= 0.3 is 12.0 Å². The summed E-state index contributed by atoms with van der Waals surface area (Å²) in [4.78, 5) is 34.4. The lowest BCUT2D eigenvalue weighted by Crippen LogP contribution is -2.32. The summed E-state index contributed by atoms with van der Waals surface area (Å²) < 4.78 is 0. The third-order valence-electron chi connectivity index (χ3n) is 2.65. The number of nitrogens with zero attached hydrogens (tertiary/aromatic N) is 1. The first kappa shape index (κ1) is 15.5. The maximum atomic E-state index is 11.8. The van der Waals surface area contributed by atoms with Gasteiger partial charge in [0.05, 0.1) is 0 Å². The molecule has 0 saturated carbocycles. The zero-order valence-corrected chi connectivity index (χ0v) is 11.1. The van der Waals surface area contributed by atoms with E-state index in [0.29, 0.717) is 24.2 Å². The number of benzene rings is 1. The Morgan fingerprint density at radius 3 is 2.35 bits per heavy atom. The van der Waals surface area contributed by atoms with Crippen LogP contribution in [0.15, 0.2) is 24.3 Å². The molecule has 7 heteroatoms. The van der Waals surface area contributed by atoms with Crippen LogP contribution in [-0.2, 0) is 4.79 Å². The van der Waals surface area contributed by atoms with E-state index >= 15 is 0 Å². The second-order valence-corrected chi connectivity index (χ2v) is 4.29. The van der Waals surface area contributed by atoms with Gasteiger partial charge < -0.3 is 21.1 Å². The number of carbonyl (C=O) groups excluding carboxylic acids is 2. The molecule has 0 aromatic heterocycles. The average molecular weight is 279 g/mol. The van der Waals surface area contributed by atoms with Crippen LogP contribution in [0.5, 0.6) is 0 Å². The number of nitrogens with one attached hydrogen (secondary N) is 1. The van der Waals surface area contributed by atoms with Crippen molar-refractivity contribution in [1.29, 1.82) is 0 Å². The molecule has 1 aromatic carbocycles. The summed E-state index contributed by atoms with van der Waals surface area (Å²) in [6, 6.07) is 5.83. The van der Waals surface area contributed by atoms with Crippen molar-refractivity contribution in [2.45, 2.75) is 12.8 Å². The minimum atomic E-state index is -0.888. The zero-order chi connectivity index (χ0) is 15.1. The highest BCUT2D eigenvalue weighted by molar-refractivity contribution is 5.94. The minimum Gasteiger partial charge on any atom is -0.481 e. The van der Waals surface area contributed by atoms with Crippen LogP contribution in [0.3, 0.4) is 0 Å². The molecule has 0 atom stereocenters. The number of hydrogen-bond donors (Lipinski definition) is 3. The van der Waals surface area contributed by atoms with Crippen LogP contribution in [0.1, 0.15) is 23.2 Å². The molecule has 0 aliphatic rings. The maximum Gasteiger partial charge on any atom is 0.321 e. The number of carbonyl (C=O) groups is 3. The predicted octanol–water partition coefficient (Wildman–Crippen LogP) is 1.11. The molecule has 1 aromatic rings. The number of anilines is 1. The molecule has 7 nitrogen and oxygen atoms in total. The first-order valence-corrected chi connectivity index (χ1v) is 6.04. The summed E-state index contributed by atoms with van der Waals surface area (Å²) >= 11 is 0. The Hall–Kier alpha value is -2.57. The summed E-state index contributed by atoms with van der Waals surface area (Å²) in [7, 11) is 1.58. The number of amides is 3. The first-order chi connectivity index (χ1) is 9.40. The van der Waals surface area contributed by atoms with Crippen molar-refractivity contribution in [3.8, 4) is 0 Å². The molecule has 0 aliphatic heterocycles. The summed E-state index contributed by atoms with van der Waals surface area (Å²) in [6.07, 6.45) is 0.408. The van der Waals surface area contributed by atoms with E-state index in [1.165, 1.54) is 17.0 Å². The molecule has 4 N–H and O–H groups in total. The van der Waals surface area contributed by atoms with Crippen molar-refractivity contribution >= 4 is 23.6 Å². The molecule has 0 bridgehead atoms. The number of aliphatic carboxylic acids is 1. The fourth-order valence-electron chi connectivity index (χ4n) is 1.51. The summed E-state index contributed by atoms with van der Waals surface area (Å²) in [6.45, 7) is 0.345. The Morgan fingerprint density at radius 2 is 1.85 bits per heavy atom. The molecule has 3 amide bonds. The molecule has 0 heterocycles. The van der Waals surface area contributed by atoms with Crippen LogP contribution >= 0.6 is 0 Å². The third-order valence-corrected chi connectivity index (χ3v) is 2.65. The molecular weight excluding hydrogens is 262 g/mol. The Balaban J connectivity index is 2.48. The van der Waals surface area contributed by atoms with Crippen molar-refractivity contribution in [1.82, 2.24) is 4.90 Å². The van der Waals surface area contributed by atoms with Gasteiger partial charge in [-0.15, -0.1) is 0 Å². The number of urea groups is 1. The third kappa shape index (κ3) is 4.97. The Morgan fingerprint density at radius 1 is 1.25 bits per heavy atom. The normalized spacial score (nSPS) is 9.85. The van der Waals surface area contributed by atoms with Gasteiger partial charge in [0.15, 0.2) is 0 Å². The number of primary amides is 1. The Kier molecular flexibility index (Phi) is 5.52. The van der Waals surface area contributed by atoms with Crippen LogP contribution in [0.25, 0.3) is 0 Å². The SMILES string of the molecule is CN(CCCC(=O)O)C(=O)Nc1ccc(C(N)=O)cc1. The molecule has 1 rings (SSSR count). The minimum absolute atomic E-state index is 0.0188. The maximum absolute atomic E-state index is 11.8. The fraction of sp³-hybridized carbons (Fsp3) is 0.308. The highest BCUT2D eigenvalue weighted by atomic mass is 16.4. The van der Waals surface area contributed by atoms with Crippen LogP contribution in [0.2, 0.25) is 0 Å². The standard InChI is InChI=1S/C13H17N3O4/c1-16(8-2-3-11(17)18)13(20)15-10-6-4-9(5-7-10)12(14)19/h4-7H,2-3,8H2,1H3,(H2,14,19)(H,15,20)(H,17,18). The van der Waals surface area contributed by atoms with Gasteiger partial charge in [-0.1, -0.05) is 0 Å². The van der Waals surface area contributed by atoms with Gasteiger partial charge in [-0.3, -0.25) is 9.59 Å². The van der Waals surface area contributed by atoms with Crippen LogP contribution in [0.4, 0.5) is 10.5 Å². The van der Waals surface area contributed by atoms with E-state index in [4.69, 9.17) is 10.8 Å². The summed E-state index contributed by atoms with van der Waals surface area (Å²) in [5.41, 5.74) is 6.00. The van der Waals surface area contributed by atoms with Crippen molar-refractivity contribution in [3.63, 3.8) is 0 Å². The molecule has 0 unspecified atom stereocenters. The monoisotopic (exact) mass is 279 g/mol. The number of hydrogen-bond acceptors (Lipinski definition) is 3. The van der Waals surface area contributed by atoms with Crippen molar-refractivity contribution < 1.29 is 19.5 Å². The first-order valence-electron chi connectivity index (χ1n) is 6.04. The number of nitrogens with two attached hydrogens (primary N) is 1. The number of carboxylic acid groups (broad SMARTS) is 1. The van der Waals surface area contributed by atoms with Crippen LogP contribution in [0, 0.1) is 0 Å². The number of carboxylic acids is 1. The Labute approximate surface area is 116 Å². The van der Waals surface area contributed by atoms with E-state index in [0.717, 1.165) is 0 Å². The van der Waals surface area contributed by atoms with Crippen molar-refractivity contribution in [3.05, 3.63) is 29.8 Å². The molecular formula is C13H17N3O4. The smallest absolute Gasteiger partial charge is 0.321 e. The fourth-order valence-corrected chi connectivity index (χ4v) is 1.51. The molecule has 20 heavy (non-hydrogen) atoms. The molecule has 0 aliphatic carbocycles. The molecule has 108 valence electrons. The topological polar surface area (TPSA) is 113 Å². The lowest BCUT2D eigenvalue weighted by Gasteiger charge is -2.17. The Bertz CT molecular complexity index is 499. The largest absolute Gasteiger partial charge is 0.481 e. The van der Waals surface area contributed by atoms with Gasteiger partial charge in [0, 0.05) is 31.3 Å². The summed E-state index contributed by atoms with van der Waals surface area (Å²) in [5.74, 6) is -1.42. The van der Waals surface area contributed by atoms with E-state index in [1.807, 2.05) is 0 Å². The van der Waals surface area contributed by atoms with Gasteiger partial charge in [-0.2, -0.15) is 0 Å². The van der Waals surface area contributed by atoms with E-state index in [1.54, 1.807) is 19.2 Å². The predicted molar refractivity (Wildman–Crippen MR) is 73.5 cm³/mol. The van der Waals surface area contributed by atoms with E-state index in [2.05, 4.69) is 5.32 Å². The van der Waals surface area contributed by atoms with E-state index < -0.39 is 11.9 Å². The molecule has 0 spiro atoms. The van der Waals surface area contributed by atoms with Crippen molar-refractivity contribution in [2.24, 2.45) is 5.73 Å². The van der Waals surface area contributed by atoms with E-state index in [-0.39, 0.29) is 12.5 Å². The van der Waals surface area contributed by atoms with Crippen molar-refractivity contribution in [2.75, 3.05) is 18.9 Å². The van der Waals surface area contributed by atoms with E-state index in [9.17, 15) is 14.4 Å². The molecule has 0 saturated heterocycles. The highest BCUT2D eigenvalue weighted by Gasteiger charge is 2.09. The lowest BCUT2D eigenvalue weighted by atomic mass is 10.2. The second-order valence-electron chi connectivity index (χ2n) is 4.29. The van der Waals surface area contributed by atoms with Gasteiger partial charge in [-0.25, -0.2) is 4.79 Å². The van der Waals surface area contributed by atoms with Gasteiger partial charge in [-0.05, 0) is 30.7 Å². The number of rotatable bonds is 6. The van der Waals surface area contributed by atoms with Gasteiger partial charge in [0.2, 0.25) is 5.91 Å². The average Bonchev–Trinajstić information content (AvgIpc) is 2.38.